The van der Waals surface area contributed by atoms with Crippen LogP contribution < -0.4 is 26.4 Å². The fourth-order valence-corrected chi connectivity index (χ4v) is 4.69. The summed E-state index contributed by atoms with van der Waals surface area (Å²) in [5.41, 5.74) is 9.55. The van der Waals surface area contributed by atoms with E-state index < -0.39 is 0 Å². The lowest BCUT2D eigenvalue weighted by Gasteiger charge is -2.33. The number of rotatable bonds is 4. The minimum absolute atomic E-state index is 0.151. The third-order valence-corrected chi connectivity index (χ3v) is 6.25. The molecule has 1 spiro atoms. The van der Waals surface area contributed by atoms with Crippen LogP contribution in [-0.4, -0.2) is 47.6 Å². The number of halogens is 1. The van der Waals surface area contributed by atoms with Crippen LogP contribution in [0.4, 0.5) is 17.3 Å². The van der Waals surface area contributed by atoms with Gasteiger partial charge in [-0.05, 0) is 31.2 Å². The number of nitrogens with two attached hydrogens (primary N) is 1. The molecule has 1 fully saturated rings. The molecule has 1 amide bonds. The number of para-hydroxylation sites is 1. The van der Waals surface area contributed by atoms with E-state index in [0.717, 1.165) is 25.2 Å². The maximum atomic E-state index is 13.1. The molecule has 1 aromatic carbocycles. The molecule has 2 aliphatic heterocycles. The number of nitrogen functional groups attached to an aromatic ring is 1. The molecule has 2 aliphatic rings. The summed E-state index contributed by atoms with van der Waals surface area (Å²) in [6, 6.07) is 7.16. The summed E-state index contributed by atoms with van der Waals surface area (Å²) >= 11 is 6.32. The summed E-state index contributed by atoms with van der Waals surface area (Å²) in [6.07, 6.45) is 2.50. The van der Waals surface area contributed by atoms with Crippen molar-refractivity contribution in [1.29, 1.82) is 0 Å². The summed E-state index contributed by atoms with van der Waals surface area (Å²) in [6.45, 7) is 2.22. The molecule has 9 nitrogen and oxygen atoms in total. The number of methoxy groups -OCH3 is 1. The average molecular weight is 440 g/mol. The SMILES string of the molecule is COc1c(Cl)cccc1Nc1c(-c2ccnc(N)n2)[nH]c2c1C(=O)NC[C@@]21CCNC1. The van der Waals surface area contributed by atoms with E-state index >= 15 is 0 Å². The van der Waals surface area contributed by atoms with Crippen molar-refractivity contribution in [3.63, 3.8) is 0 Å². The number of ether oxygens (including phenoxy) is 1. The quantitative estimate of drug-likeness (QED) is 0.422. The minimum atomic E-state index is -0.213. The Labute approximate surface area is 183 Å². The number of fused-ring (bicyclic) bond motifs is 2. The second-order valence-corrected chi connectivity index (χ2v) is 8.17. The molecule has 3 aromatic rings. The summed E-state index contributed by atoms with van der Waals surface area (Å²) in [5, 5.41) is 10.3. The summed E-state index contributed by atoms with van der Waals surface area (Å²) in [7, 11) is 1.55. The summed E-state index contributed by atoms with van der Waals surface area (Å²) in [5.74, 6) is 0.485. The fourth-order valence-electron chi connectivity index (χ4n) is 4.44. The summed E-state index contributed by atoms with van der Waals surface area (Å²) in [4.78, 5) is 24.9. The lowest BCUT2D eigenvalue weighted by atomic mass is 9.79. The van der Waals surface area contributed by atoms with Crippen LogP contribution >= 0.6 is 11.6 Å². The van der Waals surface area contributed by atoms with Gasteiger partial charge in [0.05, 0.1) is 40.5 Å². The molecule has 0 bridgehead atoms. The van der Waals surface area contributed by atoms with Crippen LogP contribution in [0, 0.1) is 0 Å². The number of anilines is 3. The van der Waals surface area contributed by atoms with Crippen LogP contribution in [0.1, 0.15) is 22.5 Å². The highest BCUT2D eigenvalue weighted by Gasteiger charge is 2.45. The molecular weight excluding hydrogens is 418 g/mol. The Morgan fingerprint density at radius 3 is 2.90 bits per heavy atom. The van der Waals surface area contributed by atoms with Crippen LogP contribution in [0.2, 0.25) is 5.02 Å². The van der Waals surface area contributed by atoms with Crippen LogP contribution in [-0.2, 0) is 5.41 Å². The first-order valence-corrected chi connectivity index (χ1v) is 10.3. The molecule has 5 rings (SSSR count). The predicted octanol–water partition coefficient (Wildman–Crippen LogP) is 2.43. The zero-order valence-corrected chi connectivity index (χ0v) is 17.6. The smallest absolute Gasteiger partial charge is 0.255 e. The predicted molar refractivity (Wildman–Crippen MR) is 119 cm³/mol. The molecule has 0 radical (unpaired) electrons. The van der Waals surface area contributed by atoms with Gasteiger partial charge in [-0.1, -0.05) is 17.7 Å². The second kappa shape index (κ2) is 7.44. The van der Waals surface area contributed by atoms with Crippen molar-refractivity contribution in [2.75, 3.05) is 37.8 Å². The highest BCUT2D eigenvalue weighted by atomic mass is 35.5. The highest BCUT2D eigenvalue weighted by Crippen LogP contribution is 2.45. The maximum absolute atomic E-state index is 13.1. The van der Waals surface area contributed by atoms with Crippen molar-refractivity contribution in [1.82, 2.24) is 25.6 Å². The standard InChI is InChI=1S/C21H22ClN7O2/c1-31-17-11(22)3-2-4-13(17)27-16-14-18(21(6-8-24-9-21)10-26-19(14)30)29-15(16)12-5-7-25-20(23)28-12/h2-5,7,24,27,29H,6,8-10H2,1H3,(H,26,30)(H2,23,25,28)/t21-/m0/s1. The van der Waals surface area contributed by atoms with E-state index in [2.05, 4.69) is 30.9 Å². The van der Waals surface area contributed by atoms with Gasteiger partial charge in [-0.3, -0.25) is 4.79 Å². The van der Waals surface area contributed by atoms with Crippen molar-refractivity contribution in [2.45, 2.75) is 11.8 Å². The lowest BCUT2D eigenvalue weighted by Crippen LogP contribution is -2.48. The first-order valence-electron chi connectivity index (χ1n) is 9.96. The number of hydrogen-bond acceptors (Lipinski definition) is 7. The Balaban J connectivity index is 1.74. The number of carbonyl (C=O) groups is 1. The van der Waals surface area contributed by atoms with Crippen molar-refractivity contribution < 1.29 is 9.53 Å². The van der Waals surface area contributed by atoms with Gasteiger partial charge in [0.2, 0.25) is 5.95 Å². The number of benzene rings is 1. The maximum Gasteiger partial charge on any atom is 0.255 e. The molecule has 1 atom stereocenters. The molecule has 160 valence electrons. The topological polar surface area (TPSA) is 130 Å². The Bertz CT molecular complexity index is 1170. The van der Waals surface area contributed by atoms with Gasteiger partial charge >= 0.3 is 0 Å². The van der Waals surface area contributed by atoms with Gasteiger partial charge < -0.3 is 31.4 Å². The number of carbonyl (C=O) groups excluding carboxylic acids is 1. The number of amides is 1. The first kappa shape index (κ1) is 19.7. The largest absolute Gasteiger partial charge is 0.493 e. The molecule has 2 aromatic heterocycles. The summed E-state index contributed by atoms with van der Waals surface area (Å²) < 4.78 is 5.49. The third-order valence-electron chi connectivity index (χ3n) is 5.95. The Hall–Kier alpha value is -3.30. The minimum Gasteiger partial charge on any atom is -0.493 e. The Morgan fingerprint density at radius 2 is 2.16 bits per heavy atom. The normalized spacial score (nSPS) is 19.9. The van der Waals surface area contributed by atoms with E-state index in [0.29, 0.717) is 45.6 Å². The van der Waals surface area contributed by atoms with Gasteiger partial charge in [0.25, 0.3) is 5.91 Å². The van der Waals surface area contributed by atoms with Crippen LogP contribution in [0.25, 0.3) is 11.4 Å². The number of aromatic amines is 1. The van der Waals surface area contributed by atoms with Gasteiger partial charge in [-0.15, -0.1) is 0 Å². The number of H-pyrrole nitrogens is 1. The molecule has 31 heavy (non-hydrogen) atoms. The monoisotopic (exact) mass is 439 g/mol. The van der Waals surface area contributed by atoms with E-state index in [4.69, 9.17) is 22.1 Å². The molecular formula is C21H22ClN7O2. The van der Waals surface area contributed by atoms with E-state index in [1.165, 1.54) is 0 Å². The number of aromatic nitrogens is 3. The van der Waals surface area contributed by atoms with Gasteiger partial charge in [0, 0.05) is 30.4 Å². The molecule has 10 heteroatoms. The highest BCUT2D eigenvalue weighted by molar-refractivity contribution is 6.32. The molecule has 0 aliphatic carbocycles. The van der Waals surface area contributed by atoms with Crippen molar-refractivity contribution >= 4 is 34.8 Å². The zero-order chi connectivity index (χ0) is 21.6. The van der Waals surface area contributed by atoms with E-state index in [1.807, 2.05) is 12.1 Å². The molecule has 4 heterocycles. The number of nitrogens with zero attached hydrogens (tertiary/aromatic N) is 2. The Morgan fingerprint density at radius 1 is 1.29 bits per heavy atom. The van der Waals surface area contributed by atoms with Crippen molar-refractivity contribution in [3.8, 4) is 17.1 Å². The first-order chi connectivity index (χ1) is 15.0. The number of hydrogen-bond donors (Lipinski definition) is 5. The van der Waals surface area contributed by atoms with Gasteiger partial charge in [-0.25, -0.2) is 9.97 Å². The Kier molecular flexibility index (Phi) is 4.71. The van der Waals surface area contributed by atoms with E-state index in [1.54, 1.807) is 25.4 Å². The van der Waals surface area contributed by atoms with Gasteiger partial charge in [0.15, 0.2) is 5.75 Å². The van der Waals surface area contributed by atoms with Gasteiger partial charge in [-0.2, -0.15) is 0 Å². The van der Waals surface area contributed by atoms with E-state index in [-0.39, 0.29) is 17.3 Å². The van der Waals surface area contributed by atoms with E-state index in [9.17, 15) is 4.79 Å². The van der Waals surface area contributed by atoms with Crippen LogP contribution in [0.15, 0.2) is 30.5 Å². The number of nitrogens with one attached hydrogen (secondary N) is 4. The van der Waals surface area contributed by atoms with Crippen molar-refractivity contribution in [2.24, 2.45) is 0 Å². The molecule has 6 N–H and O–H groups in total. The lowest BCUT2D eigenvalue weighted by molar-refractivity contribution is 0.0927. The molecule has 0 unspecified atom stereocenters. The fraction of sp³-hybridized carbons (Fsp3) is 0.286. The molecule has 0 saturated carbocycles. The van der Waals surface area contributed by atoms with Crippen LogP contribution in [0.3, 0.4) is 0 Å². The van der Waals surface area contributed by atoms with Gasteiger partial charge in [0.1, 0.15) is 0 Å². The third kappa shape index (κ3) is 3.17. The second-order valence-electron chi connectivity index (χ2n) is 7.76. The zero-order valence-electron chi connectivity index (χ0n) is 16.9. The van der Waals surface area contributed by atoms with Crippen molar-refractivity contribution in [3.05, 3.63) is 46.7 Å². The van der Waals surface area contributed by atoms with Crippen LogP contribution in [0.5, 0.6) is 5.75 Å². The average Bonchev–Trinajstić information content (AvgIpc) is 3.38. The molecule has 1 saturated heterocycles.